The number of aromatic nitrogens is 1. The third-order valence-corrected chi connectivity index (χ3v) is 7.13. The number of hydrogen-bond acceptors (Lipinski definition) is 4. The van der Waals surface area contributed by atoms with E-state index < -0.39 is 10.1 Å². The van der Waals surface area contributed by atoms with Crippen molar-refractivity contribution in [1.29, 1.82) is 0 Å². The van der Waals surface area contributed by atoms with E-state index in [1.165, 1.54) is 59.2 Å². The van der Waals surface area contributed by atoms with Crippen molar-refractivity contribution in [3.63, 3.8) is 0 Å². The maximum atomic E-state index is 9.19. The molecule has 8 heteroatoms. The highest BCUT2D eigenvalue weighted by Gasteiger charge is 2.40. The fraction of sp³-hybridized carbons (Fsp3) is 0.600. The summed E-state index contributed by atoms with van der Waals surface area (Å²) in [5, 5.41) is 1.50. The van der Waals surface area contributed by atoms with Crippen molar-refractivity contribution in [2.45, 2.75) is 38.1 Å². The SMILES string of the molecule is CCCN1C[C@H](CSC)CC2c3cccc4[nH]c(Br)c(c34)C[C@H]21.CS(=O)(=O)O. The van der Waals surface area contributed by atoms with E-state index >= 15 is 0 Å². The van der Waals surface area contributed by atoms with Gasteiger partial charge in [0.2, 0.25) is 0 Å². The number of piperidine rings is 1. The zero-order valence-electron chi connectivity index (χ0n) is 16.6. The van der Waals surface area contributed by atoms with Gasteiger partial charge in [-0.2, -0.15) is 20.2 Å². The monoisotopic (exact) mass is 488 g/mol. The fourth-order valence-electron chi connectivity index (χ4n) is 4.84. The maximum absolute atomic E-state index is 9.19. The quantitative estimate of drug-likeness (QED) is 0.617. The van der Waals surface area contributed by atoms with Crippen LogP contribution in [0.1, 0.15) is 36.8 Å². The van der Waals surface area contributed by atoms with Gasteiger partial charge in [-0.1, -0.05) is 19.1 Å². The Labute approximate surface area is 180 Å². The third kappa shape index (κ3) is 4.95. The van der Waals surface area contributed by atoms with Crippen molar-refractivity contribution in [2.75, 3.05) is 31.4 Å². The van der Waals surface area contributed by atoms with Crippen LogP contribution in [-0.2, 0) is 16.5 Å². The number of rotatable bonds is 4. The Kier molecular flexibility index (Phi) is 7.18. The molecule has 1 saturated heterocycles. The first-order valence-electron chi connectivity index (χ1n) is 9.67. The molecular weight excluding hydrogens is 460 g/mol. The lowest BCUT2D eigenvalue weighted by Gasteiger charge is -2.47. The summed E-state index contributed by atoms with van der Waals surface area (Å²) in [5.41, 5.74) is 4.39. The molecule has 1 aromatic carbocycles. The molecule has 2 heterocycles. The van der Waals surface area contributed by atoms with Crippen molar-refractivity contribution in [3.05, 3.63) is 33.9 Å². The van der Waals surface area contributed by atoms with Gasteiger partial charge in [0, 0.05) is 29.4 Å². The third-order valence-electron chi connectivity index (χ3n) is 5.65. The van der Waals surface area contributed by atoms with Crippen LogP contribution >= 0.6 is 27.7 Å². The molecule has 4 rings (SSSR count). The number of halogens is 1. The van der Waals surface area contributed by atoms with Crippen LogP contribution in [0, 0.1) is 5.92 Å². The van der Waals surface area contributed by atoms with Gasteiger partial charge in [0.1, 0.15) is 0 Å². The van der Waals surface area contributed by atoms with E-state index in [1.807, 2.05) is 11.8 Å². The zero-order chi connectivity index (χ0) is 20.5. The van der Waals surface area contributed by atoms with Crippen molar-refractivity contribution < 1.29 is 13.0 Å². The molecule has 1 aliphatic carbocycles. The van der Waals surface area contributed by atoms with Crippen LogP contribution < -0.4 is 0 Å². The highest BCUT2D eigenvalue weighted by Crippen LogP contribution is 2.46. The highest BCUT2D eigenvalue weighted by molar-refractivity contribution is 9.10. The van der Waals surface area contributed by atoms with Crippen LogP contribution in [0.4, 0.5) is 0 Å². The predicted molar refractivity (Wildman–Crippen MR) is 122 cm³/mol. The number of aromatic amines is 1. The lowest BCUT2D eigenvalue weighted by atomic mass is 9.72. The minimum absolute atomic E-state index is 0.679. The van der Waals surface area contributed by atoms with Gasteiger partial charge < -0.3 is 4.98 Å². The first-order chi connectivity index (χ1) is 13.2. The van der Waals surface area contributed by atoms with Crippen LogP contribution in [0.5, 0.6) is 0 Å². The molecule has 1 aromatic heterocycles. The maximum Gasteiger partial charge on any atom is 0.261 e. The Morgan fingerprint density at radius 2 is 2.11 bits per heavy atom. The summed E-state index contributed by atoms with van der Waals surface area (Å²) in [6.45, 7) is 4.83. The van der Waals surface area contributed by atoms with Gasteiger partial charge in [0.15, 0.2) is 0 Å². The molecule has 2 aliphatic rings. The molecule has 1 aliphatic heterocycles. The predicted octanol–water partition coefficient (Wildman–Crippen LogP) is 4.54. The summed E-state index contributed by atoms with van der Waals surface area (Å²) < 4.78 is 27.1. The topological polar surface area (TPSA) is 73.4 Å². The molecule has 156 valence electrons. The summed E-state index contributed by atoms with van der Waals surface area (Å²) >= 11 is 5.78. The van der Waals surface area contributed by atoms with E-state index in [4.69, 9.17) is 4.55 Å². The largest absolute Gasteiger partial charge is 0.349 e. The first kappa shape index (κ1) is 22.2. The summed E-state index contributed by atoms with van der Waals surface area (Å²) in [5.74, 6) is 2.83. The van der Waals surface area contributed by atoms with Crippen molar-refractivity contribution in [3.8, 4) is 0 Å². The van der Waals surface area contributed by atoms with Gasteiger partial charge in [-0.15, -0.1) is 0 Å². The van der Waals surface area contributed by atoms with Crippen LogP contribution in [0.3, 0.4) is 0 Å². The molecule has 5 nitrogen and oxygen atoms in total. The molecule has 1 fully saturated rings. The lowest BCUT2D eigenvalue weighted by molar-refractivity contribution is 0.0925. The van der Waals surface area contributed by atoms with E-state index in [0.29, 0.717) is 18.2 Å². The second-order valence-electron chi connectivity index (χ2n) is 7.85. The Morgan fingerprint density at radius 1 is 1.39 bits per heavy atom. The van der Waals surface area contributed by atoms with Gasteiger partial charge >= 0.3 is 0 Å². The number of thioether (sulfide) groups is 1. The Balaban J connectivity index is 0.000000403. The van der Waals surface area contributed by atoms with Gasteiger partial charge in [0.05, 0.1) is 10.9 Å². The fourth-order valence-corrected chi connectivity index (χ4v) is 6.13. The molecule has 2 N–H and O–H groups in total. The number of nitrogens with zero attached hydrogens (tertiary/aromatic N) is 1. The number of likely N-dealkylation sites (tertiary alicyclic amines) is 1. The van der Waals surface area contributed by atoms with Crippen molar-refractivity contribution in [2.24, 2.45) is 5.92 Å². The van der Waals surface area contributed by atoms with Gasteiger partial charge in [-0.3, -0.25) is 9.45 Å². The van der Waals surface area contributed by atoms with Crippen molar-refractivity contribution in [1.82, 2.24) is 9.88 Å². The van der Waals surface area contributed by atoms with Crippen LogP contribution in [0.25, 0.3) is 10.9 Å². The number of fused-ring (bicyclic) bond motifs is 2. The normalized spacial score (nSPS) is 24.5. The number of H-pyrrole nitrogens is 1. The number of benzene rings is 1. The molecule has 2 aromatic rings. The van der Waals surface area contributed by atoms with Crippen LogP contribution in [-0.4, -0.2) is 60.3 Å². The van der Waals surface area contributed by atoms with Crippen molar-refractivity contribution >= 4 is 48.7 Å². The van der Waals surface area contributed by atoms with Crippen LogP contribution in [0.2, 0.25) is 0 Å². The average molecular weight is 490 g/mol. The number of nitrogens with one attached hydrogen (secondary N) is 1. The lowest BCUT2D eigenvalue weighted by Crippen LogP contribution is -2.50. The van der Waals surface area contributed by atoms with Crippen LogP contribution in [0.15, 0.2) is 22.8 Å². The molecule has 0 amide bonds. The molecule has 28 heavy (non-hydrogen) atoms. The minimum Gasteiger partial charge on any atom is -0.349 e. The Morgan fingerprint density at radius 3 is 2.75 bits per heavy atom. The highest BCUT2D eigenvalue weighted by atomic mass is 79.9. The molecular formula is C20H29BrN2O3S2. The molecule has 3 atom stereocenters. The molecule has 0 saturated carbocycles. The first-order valence-corrected chi connectivity index (χ1v) is 13.7. The van der Waals surface area contributed by atoms with E-state index in [9.17, 15) is 8.42 Å². The van der Waals surface area contributed by atoms with Gasteiger partial charge in [-0.25, -0.2) is 0 Å². The summed E-state index contributed by atoms with van der Waals surface area (Å²) in [6.07, 6.45) is 6.76. The van der Waals surface area contributed by atoms with E-state index in [0.717, 1.165) is 5.92 Å². The van der Waals surface area contributed by atoms with Gasteiger partial charge in [0.25, 0.3) is 10.1 Å². The standard InChI is InChI=1S/C19H25BrN2S.CH4O3S/c1-3-7-22-10-12(11-23-2)8-14-13-5-4-6-16-18(13)15(9-17(14)22)19(20)21-16;1-5(2,3)4/h4-6,12,14,17,21H,3,7-11H2,1-2H3;1H3,(H,2,3,4)/t12-,14?,17-;/m1./s1. The van der Waals surface area contributed by atoms with Gasteiger partial charge in [-0.05, 0) is 76.9 Å². The molecule has 1 unspecified atom stereocenters. The summed E-state index contributed by atoms with van der Waals surface area (Å²) in [7, 11) is -3.67. The average Bonchev–Trinajstić information content (AvgIpc) is 2.92. The molecule has 0 spiro atoms. The van der Waals surface area contributed by atoms with E-state index in [-0.39, 0.29) is 0 Å². The second-order valence-corrected chi connectivity index (χ2v) is 11.0. The molecule has 0 radical (unpaired) electrons. The smallest absolute Gasteiger partial charge is 0.261 e. The molecule has 0 bridgehead atoms. The number of hydrogen-bond donors (Lipinski definition) is 2. The second kappa shape index (κ2) is 9.08. The Hall–Kier alpha value is -0.540. The summed E-state index contributed by atoms with van der Waals surface area (Å²) in [6, 6.07) is 7.52. The Bertz CT molecular complexity index is 921. The zero-order valence-corrected chi connectivity index (χ0v) is 19.8. The van der Waals surface area contributed by atoms with E-state index in [1.54, 1.807) is 5.56 Å². The summed E-state index contributed by atoms with van der Waals surface area (Å²) in [4.78, 5) is 6.33. The minimum atomic E-state index is -3.67. The van der Waals surface area contributed by atoms with E-state index in [2.05, 4.69) is 57.2 Å².